The molecule has 1 unspecified atom stereocenters. The monoisotopic (exact) mass is 291 g/mol. The van der Waals surface area contributed by atoms with E-state index in [0.29, 0.717) is 0 Å². The van der Waals surface area contributed by atoms with Gasteiger partial charge in [-0.2, -0.15) is 0 Å². The second-order valence-electron chi connectivity index (χ2n) is 5.47. The molecule has 0 radical (unpaired) electrons. The predicted molar refractivity (Wildman–Crippen MR) is 88.7 cm³/mol. The van der Waals surface area contributed by atoms with Crippen LogP contribution in [0.5, 0.6) is 0 Å². The maximum Gasteiger partial charge on any atom is 0.254 e. The topological polar surface area (TPSA) is 45.2 Å². The Kier molecular flexibility index (Phi) is 7.80. The number of hydrogen-bond donors (Lipinski definition) is 1. The number of nitrogens with zero attached hydrogens (tertiary/aromatic N) is 2. The minimum absolute atomic E-state index is 0.111. The van der Waals surface area contributed by atoms with Gasteiger partial charge in [0.25, 0.3) is 5.91 Å². The molecule has 0 bridgehead atoms. The van der Waals surface area contributed by atoms with Gasteiger partial charge in [0.05, 0.1) is 0 Å². The lowest BCUT2D eigenvalue weighted by atomic mass is 10.1. The molecule has 0 aliphatic rings. The van der Waals surface area contributed by atoms with Crippen molar-refractivity contribution in [3.05, 3.63) is 23.9 Å². The highest BCUT2D eigenvalue weighted by atomic mass is 16.2. The molecule has 1 aromatic rings. The maximum absolute atomic E-state index is 12.7. The summed E-state index contributed by atoms with van der Waals surface area (Å²) >= 11 is 0. The third-order valence-corrected chi connectivity index (χ3v) is 3.70. The quantitative estimate of drug-likeness (QED) is 0.749. The summed E-state index contributed by atoms with van der Waals surface area (Å²) in [5, 5.41) is 3.23. The lowest BCUT2D eigenvalue weighted by Gasteiger charge is -2.28. The molecule has 1 amide bonds. The van der Waals surface area contributed by atoms with Crippen molar-refractivity contribution in [2.24, 2.45) is 0 Å². The smallest absolute Gasteiger partial charge is 0.254 e. The molecule has 1 rings (SSSR count). The van der Waals surface area contributed by atoms with Crippen LogP contribution in [0, 0.1) is 0 Å². The number of aromatic nitrogens is 1. The molecule has 21 heavy (non-hydrogen) atoms. The summed E-state index contributed by atoms with van der Waals surface area (Å²) in [5.74, 6) is 0.891. The highest BCUT2D eigenvalue weighted by molar-refractivity contribution is 5.95. The molecular weight excluding hydrogens is 262 g/mol. The predicted octanol–water partition coefficient (Wildman–Crippen LogP) is 3.94. The van der Waals surface area contributed by atoms with Gasteiger partial charge in [-0.1, -0.05) is 27.2 Å². The molecular formula is C17H29N3O. The van der Waals surface area contributed by atoms with E-state index in [4.69, 9.17) is 0 Å². The van der Waals surface area contributed by atoms with Crippen molar-refractivity contribution in [2.45, 2.75) is 59.4 Å². The molecule has 0 aliphatic heterocycles. The summed E-state index contributed by atoms with van der Waals surface area (Å²) in [4.78, 5) is 19.0. The van der Waals surface area contributed by atoms with E-state index in [1.165, 1.54) is 0 Å². The van der Waals surface area contributed by atoms with Gasteiger partial charge in [0, 0.05) is 30.9 Å². The summed E-state index contributed by atoms with van der Waals surface area (Å²) in [7, 11) is 0. The summed E-state index contributed by atoms with van der Waals surface area (Å²) in [6.07, 6.45) is 5.86. The van der Waals surface area contributed by atoms with E-state index < -0.39 is 0 Å². The highest BCUT2D eigenvalue weighted by Gasteiger charge is 2.20. The summed E-state index contributed by atoms with van der Waals surface area (Å²) in [6.45, 7) is 10.2. The van der Waals surface area contributed by atoms with Crippen molar-refractivity contribution in [1.29, 1.82) is 0 Å². The van der Waals surface area contributed by atoms with Crippen molar-refractivity contribution in [2.75, 3.05) is 18.4 Å². The Morgan fingerprint density at radius 3 is 2.71 bits per heavy atom. The van der Waals surface area contributed by atoms with Gasteiger partial charge in [-0.3, -0.25) is 4.79 Å². The molecule has 4 nitrogen and oxygen atoms in total. The first-order valence-electron chi connectivity index (χ1n) is 8.14. The van der Waals surface area contributed by atoms with Gasteiger partial charge in [-0.15, -0.1) is 0 Å². The normalized spacial score (nSPS) is 12.0. The highest BCUT2D eigenvalue weighted by Crippen LogP contribution is 2.14. The molecule has 0 saturated carbocycles. The summed E-state index contributed by atoms with van der Waals surface area (Å²) < 4.78 is 0. The van der Waals surface area contributed by atoms with Crippen LogP contribution in [0.1, 0.15) is 63.7 Å². The zero-order valence-corrected chi connectivity index (χ0v) is 13.9. The Labute approximate surface area is 129 Å². The first-order valence-corrected chi connectivity index (χ1v) is 8.14. The van der Waals surface area contributed by atoms with Crippen molar-refractivity contribution in [3.63, 3.8) is 0 Å². The number of nitrogens with one attached hydrogen (secondary N) is 1. The Hall–Kier alpha value is -1.58. The molecule has 1 atom stereocenters. The Morgan fingerprint density at radius 2 is 2.10 bits per heavy atom. The van der Waals surface area contributed by atoms with Gasteiger partial charge in [-0.25, -0.2) is 4.98 Å². The number of amides is 1. The van der Waals surface area contributed by atoms with Crippen molar-refractivity contribution in [1.82, 2.24) is 9.88 Å². The van der Waals surface area contributed by atoms with Crippen molar-refractivity contribution < 1.29 is 4.79 Å². The van der Waals surface area contributed by atoms with Crippen molar-refractivity contribution in [3.8, 4) is 0 Å². The maximum atomic E-state index is 12.7. The molecule has 1 N–H and O–H groups in total. The van der Waals surface area contributed by atoms with Gasteiger partial charge in [-0.05, 0) is 38.3 Å². The molecule has 1 heterocycles. The van der Waals surface area contributed by atoms with E-state index in [1.54, 1.807) is 12.3 Å². The van der Waals surface area contributed by atoms with Gasteiger partial charge in [0.15, 0.2) is 0 Å². The third kappa shape index (κ3) is 5.37. The van der Waals surface area contributed by atoms with Gasteiger partial charge >= 0.3 is 0 Å². The Bertz CT molecular complexity index is 434. The molecule has 0 fully saturated rings. The number of anilines is 1. The van der Waals surface area contributed by atoms with Crippen LogP contribution in [-0.4, -0.2) is 34.9 Å². The second-order valence-corrected chi connectivity index (χ2v) is 5.47. The van der Waals surface area contributed by atoms with E-state index >= 15 is 0 Å². The van der Waals surface area contributed by atoms with E-state index in [1.807, 2.05) is 11.0 Å². The number of pyridine rings is 1. The Morgan fingerprint density at radius 1 is 1.33 bits per heavy atom. The molecule has 1 aromatic heterocycles. The first kappa shape index (κ1) is 17.5. The molecule has 4 heteroatoms. The number of unbranched alkanes of at least 4 members (excludes halogenated alkanes) is 1. The Balaban J connectivity index is 2.86. The number of hydrogen-bond acceptors (Lipinski definition) is 3. The van der Waals surface area contributed by atoms with Crippen LogP contribution >= 0.6 is 0 Å². The van der Waals surface area contributed by atoms with E-state index in [0.717, 1.165) is 50.2 Å². The zero-order chi connectivity index (χ0) is 15.7. The van der Waals surface area contributed by atoms with Crippen LogP contribution in [0.2, 0.25) is 0 Å². The average molecular weight is 291 g/mol. The van der Waals surface area contributed by atoms with Crippen LogP contribution in [-0.2, 0) is 0 Å². The number of rotatable bonds is 9. The number of carbonyl (C=O) groups excluding carboxylic acids is 1. The van der Waals surface area contributed by atoms with E-state index in [2.05, 4.69) is 38.0 Å². The minimum Gasteiger partial charge on any atom is -0.370 e. The van der Waals surface area contributed by atoms with Crippen LogP contribution in [0.3, 0.4) is 0 Å². The molecule has 0 spiro atoms. The van der Waals surface area contributed by atoms with Crippen LogP contribution in [0.15, 0.2) is 18.3 Å². The number of carbonyl (C=O) groups is 1. The largest absolute Gasteiger partial charge is 0.370 e. The standard InChI is InChI=1S/C17H29N3O/c1-5-8-12-20(14(4)7-3)17(21)15-9-11-19-16(13-15)18-10-6-2/h9,11,13-14H,5-8,10,12H2,1-4H3,(H,18,19). The lowest BCUT2D eigenvalue weighted by molar-refractivity contribution is 0.0685. The zero-order valence-electron chi connectivity index (χ0n) is 13.9. The fourth-order valence-electron chi connectivity index (χ4n) is 2.15. The van der Waals surface area contributed by atoms with E-state index in [9.17, 15) is 4.79 Å². The molecule has 0 saturated heterocycles. The van der Waals surface area contributed by atoms with Gasteiger partial charge in [0.2, 0.25) is 0 Å². The van der Waals surface area contributed by atoms with Crippen LogP contribution in [0.4, 0.5) is 5.82 Å². The fourth-order valence-corrected chi connectivity index (χ4v) is 2.15. The lowest BCUT2D eigenvalue weighted by Crippen LogP contribution is -2.39. The molecule has 118 valence electrons. The molecule has 0 aromatic carbocycles. The van der Waals surface area contributed by atoms with Crippen LogP contribution < -0.4 is 5.32 Å². The summed E-state index contributed by atoms with van der Waals surface area (Å²) in [6, 6.07) is 3.93. The molecule has 0 aliphatic carbocycles. The fraction of sp³-hybridized carbons (Fsp3) is 0.647. The van der Waals surface area contributed by atoms with Crippen molar-refractivity contribution >= 4 is 11.7 Å². The SMILES string of the molecule is CCCCN(C(=O)c1ccnc(NCCC)c1)C(C)CC. The van der Waals surface area contributed by atoms with Crippen LogP contribution in [0.25, 0.3) is 0 Å². The summed E-state index contributed by atoms with van der Waals surface area (Å²) in [5.41, 5.74) is 0.722. The minimum atomic E-state index is 0.111. The third-order valence-electron chi connectivity index (χ3n) is 3.70. The first-order chi connectivity index (χ1) is 10.1. The van der Waals surface area contributed by atoms with E-state index in [-0.39, 0.29) is 11.9 Å². The average Bonchev–Trinajstić information content (AvgIpc) is 2.52. The second kappa shape index (κ2) is 9.37. The van der Waals surface area contributed by atoms with Gasteiger partial charge in [0.1, 0.15) is 5.82 Å². The van der Waals surface area contributed by atoms with Gasteiger partial charge < -0.3 is 10.2 Å².